The van der Waals surface area contributed by atoms with Gasteiger partial charge < -0.3 is 0 Å². The maximum atomic E-state index is 5.67. The molecule has 0 unspecified atom stereocenters. The van der Waals surface area contributed by atoms with Gasteiger partial charge in [-0.2, -0.15) is 0 Å². The second kappa shape index (κ2) is 2.63. The SMILES string of the molecule is [B]C(C)(C)C(=C)SC. The molecule has 0 aromatic heterocycles. The van der Waals surface area contributed by atoms with E-state index in [0.29, 0.717) is 0 Å². The number of hydrogen-bond acceptors (Lipinski definition) is 1. The lowest BCUT2D eigenvalue weighted by molar-refractivity contribution is 0.850. The quantitative estimate of drug-likeness (QED) is 0.511. The Morgan fingerprint density at radius 1 is 1.62 bits per heavy atom. The van der Waals surface area contributed by atoms with Crippen molar-refractivity contribution in [2.45, 2.75) is 19.2 Å². The standard InChI is InChI=1S/C6H11BS/c1-5(8-4)6(2,3)7/h1H2,2-4H3. The van der Waals surface area contributed by atoms with E-state index < -0.39 is 0 Å². The molecular weight excluding hydrogens is 115 g/mol. The van der Waals surface area contributed by atoms with Gasteiger partial charge in [0.2, 0.25) is 0 Å². The Morgan fingerprint density at radius 3 is 2.00 bits per heavy atom. The fourth-order valence-electron chi connectivity index (χ4n) is 0.263. The van der Waals surface area contributed by atoms with E-state index in [1.54, 1.807) is 11.8 Å². The van der Waals surface area contributed by atoms with Crippen LogP contribution in [-0.2, 0) is 0 Å². The van der Waals surface area contributed by atoms with Crippen LogP contribution >= 0.6 is 11.8 Å². The van der Waals surface area contributed by atoms with Gasteiger partial charge in [0.05, 0.1) is 7.85 Å². The Labute approximate surface area is 57.1 Å². The van der Waals surface area contributed by atoms with Gasteiger partial charge in [-0.25, -0.2) is 0 Å². The largest absolute Gasteiger partial charge is 0.135 e. The van der Waals surface area contributed by atoms with Crippen LogP contribution in [0.4, 0.5) is 0 Å². The molecule has 44 valence electrons. The van der Waals surface area contributed by atoms with E-state index in [1.807, 2.05) is 20.1 Å². The van der Waals surface area contributed by atoms with Crippen molar-refractivity contribution in [1.82, 2.24) is 0 Å². The molecule has 0 bridgehead atoms. The van der Waals surface area contributed by atoms with Crippen molar-refractivity contribution in [3.63, 3.8) is 0 Å². The maximum absolute atomic E-state index is 5.67. The smallest absolute Gasteiger partial charge is 0.0809 e. The summed E-state index contributed by atoms with van der Waals surface area (Å²) in [5.41, 5.74) is 0. The number of hydrogen-bond donors (Lipinski definition) is 0. The van der Waals surface area contributed by atoms with Crippen LogP contribution in [0.15, 0.2) is 11.5 Å². The molecule has 0 saturated carbocycles. The van der Waals surface area contributed by atoms with Crippen LogP contribution in [0.5, 0.6) is 0 Å². The maximum Gasteiger partial charge on any atom is 0.0809 e. The Hall–Kier alpha value is 0.155. The van der Waals surface area contributed by atoms with Gasteiger partial charge in [-0.1, -0.05) is 20.4 Å². The lowest BCUT2D eigenvalue weighted by Crippen LogP contribution is -2.01. The normalized spacial score (nSPS) is 11.4. The monoisotopic (exact) mass is 126 g/mol. The second-order valence-corrected chi connectivity index (χ2v) is 3.25. The predicted octanol–water partition coefficient (Wildman–Crippen LogP) is 2.23. The van der Waals surface area contributed by atoms with Crippen LogP contribution < -0.4 is 0 Å². The summed E-state index contributed by atoms with van der Waals surface area (Å²) in [6.07, 6.45) is 1.98. The predicted molar refractivity (Wildman–Crippen MR) is 42.5 cm³/mol. The lowest BCUT2D eigenvalue weighted by atomic mass is 9.73. The number of allylic oxidation sites excluding steroid dienone is 1. The van der Waals surface area contributed by atoms with Gasteiger partial charge in [-0.15, -0.1) is 11.8 Å². The van der Waals surface area contributed by atoms with Crippen molar-refractivity contribution >= 4 is 19.6 Å². The molecule has 0 heterocycles. The van der Waals surface area contributed by atoms with Gasteiger partial charge in [0, 0.05) is 0 Å². The van der Waals surface area contributed by atoms with Crippen molar-refractivity contribution in [1.29, 1.82) is 0 Å². The zero-order valence-corrected chi connectivity index (χ0v) is 6.51. The Bertz CT molecular complexity index is 91.2. The third-order valence-corrected chi connectivity index (χ3v) is 1.98. The molecule has 0 rings (SSSR count). The summed E-state index contributed by atoms with van der Waals surface area (Å²) in [5.74, 6) is 0. The van der Waals surface area contributed by atoms with Crippen LogP contribution in [0, 0.1) is 0 Å². The highest BCUT2D eigenvalue weighted by atomic mass is 32.2. The van der Waals surface area contributed by atoms with E-state index in [4.69, 9.17) is 7.85 Å². The molecule has 0 N–H and O–H groups in total. The van der Waals surface area contributed by atoms with Gasteiger partial charge in [0.25, 0.3) is 0 Å². The zero-order valence-electron chi connectivity index (χ0n) is 5.69. The van der Waals surface area contributed by atoms with Crippen LogP contribution in [0.3, 0.4) is 0 Å². The van der Waals surface area contributed by atoms with Crippen molar-refractivity contribution in [3.8, 4) is 0 Å². The molecule has 2 heteroatoms. The fraction of sp³-hybridized carbons (Fsp3) is 0.667. The summed E-state index contributed by atoms with van der Waals surface area (Å²) in [5, 5.41) is -0.223. The Balaban J connectivity index is 3.82. The molecule has 0 spiro atoms. The molecule has 0 atom stereocenters. The second-order valence-electron chi connectivity index (χ2n) is 2.35. The first-order valence-corrected chi connectivity index (χ1v) is 3.73. The summed E-state index contributed by atoms with van der Waals surface area (Å²) < 4.78 is 0. The van der Waals surface area contributed by atoms with Gasteiger partial charge in [0.15, 0.2) is 0 Å². The van der Waals surface area contributed by atoms with Gasteiger partial charge in [-0.3, -0.25) is 0 Å². The molecule has 0 aromatic carbocycles. The molecule has 0 amide bonds. The molecule has 8 heavy (non-hydrogen) atoms. The van der Waals surface area contributed by atoms with E-state index in [1.165, 1.54) is 0 Å². The van der Waals surface area contributed by atoms with Crippen molar-refractivity contribution in [3.05, 3.63) is 11.5 Å². The molecular formula is C6H11BS. The number of thioether (sulfide) groups is 1. The van der Waals surface area contributed by atoms with Crippen LogP contribution in [0.1, 0.15) is 13.8 Å². The van der Waals surface area contributed by atoms with Crippen molar-refractivity contribution in [2.24, 2.45) is 0 Å². The molecule has 0 nitrogen and oxygen atoms in total. The third kappa shape index (κ3) is 2.46. The van der Waals surface area contributed by atoms with E-state index in [-0.39, 0.29) is 5.31 Å². The highest BCUT2D eigenvalue weighted by Gasteiger charge is 2.12. The molecule has 0 aromatic rings. The molecule has 0 aliphatic rings. The molecule has 2 radical (unpaired) electrons. The average molecular weight is 126 g/mol. The van der Waals surface area contributed by atoms with E-state index in [0.717, 1.165) is 4.91 Å². The van der Waals surface area contributed by atoms with E-state index in [2.05, 4.69) is 6.58 Å². The van der Waals surface area contributed by atoms with Crippen LogP contribution in [0.2, 0.25) is 5.31 Å². The summed E-state index contributed by atoms with van der Waals surface area (Å²) in [6.45, 7) is 7.68. The van der Waals surface area contributed by atoms with Crippen LogP contribution in [0.25, 0.3) is 0 Å². The third-order valence-electron chi connectivity index (χ3n) is 0.965. The first kappa shape index (κ1) is 8.15. The van der Waals surface area contributed by atoms with Gasteiger partial charge in [0.1, 0.15) is 0 Å². The molecule has 0 fully saturated rings. The Morgan fingerprint density at radius 2 is 2.00 bits per heavy atom. The minimum Gasteiger partial charge on any atom is -0.135 e. The summed E-state index contributed by atoms with van der Waals surface area (Å²) in [6, 6.07) is 0. The lowest BCUT2D eigenvalue weighted by Gasteiger charge is -2.19. The molecule has 0 aliphatic heterocycles. The topological polar surface area (TPSA) is 0 Å². The fourth-order valence-corrected chi connectivity index (χ4v) is 0.789. The van der Waals surface area contributed by atoms with Gasteiger partial charge in [-0.05, 0) is 16.5 Å². The first-order valence-electron chi connectivity index (χ1n) is 2.50. The van der Waals surface area contributed by atoms with Crippen molar-refractivity contribution < 1.29 is 0 Å². The first-order chi connectivity index (χ1) is 3.48. The number of rotatable bonds is 2. The Kier molecular flexibility index (Phi) is 2.68. The minimum atomic E-state index is -0.223. The van der Waals surface area contributed by atoms with Gasteiger partial charge >= 0.3 is 0 Å². The summed E-state index contributed by atoms with van der Waals surface area (Å²) >= 11 is 1.61. The molecule has 0 aliphatic carbocycles. The van der Waals surface area contributed by atoms with E-state index >= 15 is 0 Å². The molecule has 0 saturated heterocycles. The van der Waals surface area contributed by atoms with Crippen molar-refractivity contribution in [2.75, 3.05) is 6.26 Å². The minimum absolute atomic E-state index is 0.223. The summed E-state index contributed by atoms with van der Waals surface area (Å²) in [4.78, 5) is 1.03. The zero-order chi connectivity index (χ0) is 6.78. The summed E-state index contributed by atoms with van der Waals surface area (Å²) in [7, 11) is 5.67. The highest BCUT2D eigenvalue weighted by Crippen LogP contribution is 2.34. The van der Waals surface area contributed by atoms with E-state index in [9.17, 15) is 0 Å². The van der Waals surface area contributed by atoms with Crippen LogP contribution in [-0.4, -0.2) is 14.1 Å². The highest BCUT2D eigenvalue weighted by molar-refractivity contribution is 8.02. The average Bonchev–Trinajstić information content (AvgIpc) is 1.62.